The molecule has 0 spiro atoms. The molecule has 0 aliphatic carbocycles. The number of carbonyl (C=O) groups excluding carboxylic acids is 1. The largest absolute Gasteiger partial charge is 0.362 e. The van der Waals surface area contributed by atoms with Gasteiger partial charge >= 0.3 is 0 Å². The molecule has 102 valence electrons. The zero-order valence-corrected chi connectivity index (χ0v) is 12.6. The average Bonchev–Trinajstić information content (AvgIpc) is 2.85. The number of hydrogen-bond acceptors (Lipinski definition) is 2. The van der Waals surface area contributed by atoms with E-state index in [-0.39, 0.29) is 5.91 Å². The summed E-state index contributed by atoms with van der Waals surface area (Å²) in [5, 5.41) is 2.93. The number of fused-ring (bicyclic) bond motifs is 1. The fourth-order valence-electron chi connectivity index (χ4n) is 2.48. The lowest BCUT2D eigenvalue weighted by Crippen LogP contribution is -2.31. The van der Waals surface area contributed by atoms with E-state index in [1.807, 2.05) is 36.4 Å². The summed E-state index contributed by atoms with van der Waals surface area (Å²) in [6.07, 6.45) is 1.02. The summed E-state index contributed by atoms with van der Waals surface area (Å²) < 4.78 is 1.00. The molecule has 4 heteroatoms. The highest BCUT2D eigenvalue weighted by molar-refractivity contribution is 9.10. The molecule has 0 atom stereocenters. The maximum atomic E-state index is 12.1. The monoisotopic (exact) mass is 330 g/mol. The minimum absolute atomic E-state index is 0.0176. The molecule has 1 aliphatic heterocycles. The van der Waals surface area contributed by atoms with E-state index >= 15 is 0 Å². The molecule has 2 aromatic rings. The Hall–Kier alpha value is -1.81. The summed E-state index contributed by atoms with van der Waals surface area (Å²) in [5.74, 6) is 0.0176. The Morgan fingerprint density at radius 2 is 1.90 bits per heavy atom. The molecule has 0 aromatic heterocycles. The van der Waals surface area contributed by atoms with Crippen molar-refractivity contribution < 1.29 is 4.79 Å². The quantitative estimate of drug-likeness (QED) is 0.934. The predicted octanol–water partition coefficient (Wildman–Crippen LogP) is 3.45. The number of halogens is 1. The van der Waals surface area contributed by atoms with Gasteiger partial charge in [0.1, 0.15) is 0 Å². The molecule has 3 nitrogen and oxygen atoms in total. The Labute approximate surface area is 126 Å². The molecule has 0 saturated heterocycles. The first kappa shape index (κ1) is 13.2. The topological polar surface area (TPSA) is 32.3 Å². The highest BCUT2D eigenvalue weighted by atomic mass is 79.9. The van der Waals surface area contributed by atoms with Crippen LogP contribution in [0, 0.1) is 0 Å². The number of hydrogen-bond donors (Lipinski definition) is 1. The number of nitrogens with one attached hydrogen (secondary N) is 1. The van der Waals surface area contributed by atoms with Gasteiger partial charge in [-0.05, 0) is 42.3 Å². The predicted molar refractivity (Wildman–Crippen MR) is 85.1 cm³/mol. The van der Waals surface area contributed by atoms with Crippen LogP contribution in [-0.2, 0) is 11.2 Å². The second-order valence-corrected chi connectivity index (χ2v) is 5.77. The van der Waals surface area contributed by atoms with Crippen LogP contribution in [0.5, 0.6) is 0 Å². The molecule has 0 radical (unpaired) electrons. The van der Waals surface area contributed by atoms with E-state index in [1.165, 1.54) is 11.3 Å². The van der Waals surface area contributed by atoms with Gasteiger partial charge in [0.15, 0.2) is 0 Å². The van der Waals surface area contributed by atoms with Crippen LogP contribution >= 0.6 is 15.9 Å². The lowest BCUT2D eigenvalue weighted by molar-refractivity contribution is -0.115. The minimum Gasteiger partial charge on any atom is -0.362 e. The summed E-state index contributed by atoms with van der Waals surface area (Å²) >= 11 is 3.38. The van der Waals surface area contributed by atoms with Crippen LogP contribution in [0.3, 0.4) is 0 Å². The van der Waals surface area contributed by atoms with E-state index in [9.17, 15) is 4.79 Å². The molecule has 1 heterocycles. The van der Waals surface area contributed by atoms with Gasteiger partial charge in [-0.15, -0.1) is 0 Å². The van der Waals surface area contributed by atoms with E-state index in [4.69, 9.17) is 0 Å². The number of amides is 1. The fourth-order valence-corrected chi connectivity index (χ4v) is 2.74. The van der Waals surface area contributed by atoms with E-state index in [0.717, 1.165) is 23.1 Å². The van der Waals surface area contributed by atoms with E-state index in [0.29, 0.717) is 6.54 Å². The number of carbonyl (C=O) groups is 1. The maximum Gasteiger partial charge on any atom is 0.243 e. The van der Waals surface area contributed by atoms with Crippen molar-refractivity contribution in [2.45, 2.75) is 6.42 Å². The normalized spacial score (nSPS) is 13.2. The van der Waals surface area contributed by atoms with Crippen molar-refractivity contribution in [3.8, 4) is 0 Å². The Bertz CT molecular complexity index is 625. The lowest BCUT2D eigenvalue weighted by atomic mass is 10.2. The third-order valence-electron chi connectivity index (χ3n) is 3.45. The summed E-state index contributed by atoms with van der Waals surface area (Å²) in [4.78, 5) is 14.2. The third-order valence-corrected chi connectivity index (χ3v) is 3.97. The van der Waals surface area contributed by atoms with Crippen molar-refractivity contribution in [3.63, 3.8) is 0 Å². The van der Waals surface area contributed by atoms with Crippen LogP contribution in [-0.4, -0.2) is 19.0 Å². The standard InChI is InChI=1S/C16H15BrN2O/c17-13-5-7-14(8-6-13)18-16(20)11-19-10-9-12-3-1-2-4-15(12)19/h1-8H,9-11H2,(H,18,20). The van der Waals surface area contributed by atoms with Crippen LogP contribution in [0.2, 0.25) is 0 Å². The first-order valence-electron chi connectivity index (χ1n) is 6.60. The van der Waals surface area contributed by atoms with Gasteiger partial charge < -0.3 is 10.2 Å². The molecule has 0 bridgehead atoms. The van der Waals surface area contributed by atoms with Gasteiger partial charge in [0.05, 0.1) is 6.54 Å². The van der Waals surface area contributed by atoms with Gasteiger partial charge in [-0.2, -0.15) is 0 Å². The number of para-hydroxylation sites is 1. The highest BCUT2D eigenvalue weighted by Crippen LogP contribution is 2.27. The SMILES string of the molecule is O=C(CN1CCc2ccccc21)Nc1ccc(Br)cc1. The van der Waals surface area contributed by atoms with Crippen LogP contribution in [0.4, 0.5) is 11.4 Å². The first-order chi connectivity index (χ1) is 9.72. The van der Waals surface area contributed by atoms with Gasteiger partial charge in [-0.25, -0.2) is 0 Å². The van der Waals surface area contributed by atoms with Crippen molar-refractivity contribution in [3.05, 3.63) is 58.6 Å². The number of benzene rings is 2. The van der Waals surface area contributed by atoms with Crippen LogP contribution in [0.15, 0.2) is 53.0 Å². The van der Waals surface area contributed by atoms with Crippen molar-refractivity contribution in [2.24, 2.45) is 0 Å². The molecule has 0 fully saturated rings. The van der Waals surface area contributed by atoms with Gasteiger partial charge in [-0.1, -0.05) is 34.1 Å². The van der Waals surface area contributed by atoms with Crippen LogP contribution < -0.4 is 10.2 Å². The first-order valence-corrected chi connectivity index (χ1v) is 7.40. The molecule has 1 aliphatic rings. The molecule has 0 saturated carbocycles. The summed E-state index contributed by atoms with van der Waals surface area (Å²) in [6.45, 7) is 1.31. The van der Waals surface area contributed by atoms with Gasteiger partial charge in [-0.3, -0.25) is 4.79 Å². The van der Waals surface area contributed by atoms with Crippen molar-refractivity contribution >= 4 is 33.2 Å². The maximum absolute atomic E-state index is 12.1. The second kappa shape index (κ2) is 5.67. The fraction of sp³-hybridized carbons (Fsp3) is 0.188. The molecule has 1 N–H and O–H groups in total. The van der Waals surface area contributed by atoms with Gasteiger partial charge in [0.2, 0.25) is 5.91 Å². The number of anilines is 2. The molecular formula is C16H15BrN2O. The van der Waals surface area contributed by atoms with Crippen LogP contribution in [0.1, 0.15) is 5.56 Å². The Morgan fingerprint density at radius 3 is 2.70 bits per heavy atom. The minimum atomic E-state index is 0.0176. The third kappa shape index (κ3) is 2.85. The van der Waals surface area contributed by atoms with E-state index < -0.39 is 0 Å². The smallest absolute Gasteiger partial charge is 0.243 e. The second-order valence-electron chi connectivity index (χ2n) is 4.86. The van der Waals surface area contributed by atoms with Crippen molar-refractivity contribution in [1.82, 2.24) is 0 Å². The van der Waals surface area contributed by atoms with Crippen LogP contribution in [0.25, 0.3) is 0 Å². The Morgan fingerprint density at radius 1 is 1.15 bits per heavy atom. The number of nitrogens with zero attached hydrogens (tertiary/aromatic N) is 1. The van der Waals surface area contributed by atoms with E-state index in [1.54, 1.807) is 0 Å². The summed E-state index contributed by atoms with van der Waals surface area (Å²) in [7, 11) is 0. The van der Waals surface area contributed by atoms with Gasteiger partial charge in [0, 0.05) is 22.4 Å². The van der Waals surface area contributed by atoms with Gasteiger partial charge in [0.25, 0.3) is 0 Å². The zero-order valence-electron chi connectivity index (χ0n) is 11.0. The molecule has 0 unspecified atom stereocenters. The summed E-state index contributed by atoms with van der Waals surface area (Å²) in [6, 6.07) is 15.9. The van der Waals surface area contributed by atoms with E-state index in [2.05, 4.69) is 38.3 Å². The Balaban J connectivity index is 1.64. The Kier molecular flexibility index (Phi) is 3.74. The zero-order chi connectivity index (χ0) is 13.9. The molecular weight excluding hydrogens is 316 g/mol. The molecule has 3 rings (SSSR count). The molecule has 1 amide bonds. The molecule has 20 heavy (non-hydrogen) atoms. The highest BCUT2D eigenvalue weighted by Gasteiger charge is 2.20. The lowest BCUT2D eigenvalue weighted by Gasteiger charge is -2.18. The van der Waals surface area contributed by atoms with Crippen molar-refractivity contribution in [1.29, 1.82) is 0 Å². The molecule has 2 aromatic carbocycles. The number of rotatable bonds is 3. The average molecular weight is 331 g/mol. The van der Waals surface area contributed by atoms with Crippen molar-refractivity contribution in [2.75, 3.05) is 23.3 Å². The summed E-state index contributed by atoms with van der Waals surface area (Å²) in [5.41, 5.74) is 3.33.